The highest BCUT2D eigenvalue weighted by atomic mass is 35.5. The minimum atomic E-state index is -1.03. The number of hydrogen-bond acceptors (Lipinski definition) is 6. The van der Waals surface area contributed by atoms with E-state index in [-0.39, 0.29) is 30.4 Å². The molecule has 0 atom stereocenters. The summed E-state index contributed by atoms with van der Waals surface area (Å²) in [5.74, 6) is -1.49. The van der Waals surface area contributed by atoms with Gasteiger partial charge in [0.1, 0.15) is 0 Å². The summed E-state index contributed by atoms with van der Waals surface area (Å²) in [6, 6.07) is 12.1. The van der Waals surface area contributed by atoms with Gasteiger partial charge in [0.2, 0.25) is 11.8 Å². The van der Waals surface area contributed by atoms with E-state index < -0.39 is 5.97 Å². The summed E-state index contributed by atoms with van der Waals surface area (Å²) in [7, 11) is 0. The lowest BCUT2D eigenvalue weighted by atomic mass is 10.2. The normalized spacial score (nSPS) is 10.6. The lowest BCUT2D eigenvalue weighted by molar-refractivity contribution is -0.138. The molecule has 0 saturated carbocycles. The molecule has 0 saturated heterocycles. The first-order valence-electron chi connectivity index (χ1n) is 9.25. The molecule has 3 rings (SSSR count). The summed E-state index contributed by atoms with van der Waals surface area (Å²) < 4.78 is 0. The van der Waals surface area contributed by atoms with Gasteiger partial charge in [-0.1, -0.05) is 29.3 Å². The van der Waals surface area contributed by atoms with Crippen molar-refractivity contribution in [2.75, 3.05) is 16.4 Å². The summed E-state index contributed by atoms with van der Waals surface area (Å²) >= 11 is 14.7. The number of thiazole rings is 1. The fourth-order valence-corrected chi connectivity index (χ4v) is 4.55. The third-order valence-corrected chi connectivity index (χ3v) is 6.31. The summed E-state index contributed by atoms with van der Waals surface area (Å²) in [5.41, 5.74) is 1.91. The number of benzene rings is 2. The maximum absolute atomic E-state index is 12.3. The Morgan fingerprint density at radius 3 is 2.59 bits per heavy atom. The number of nitrogens with one attached hydrogen (secondary N) is 2. The van der Waals surface area contributed by atoms with Gasteiger partial charge in [0.05, 0.1) is 22.9 Å². The lowest BCUT2D eigenvalue weighted by Gasteiger charge is -2.07. The zero-order chi connectivity index (χ0) is 23.1. The Bertz CT molecular complexity index is 1150. The number of thioether (sulfide) groups is 1. The molecular formula is C21H17Cl2N3O4S2. The Kier molecular flexibility index (Phi) is 8.52. The zero-order valence-corrected chi connectivity index (χ0v) is 19.6. The molecule has 32 heavy (non-hydrogen) atoms. The van der Waals surface area contributed by atoms with Crippen molar-refractivity contribution in [2.45, 2.75) is 17.7 Å². The standard InChI is InChI=1S/C21H17Cl2N3O4S2/c22-12-4-5-15(16(23)8-12)17-10-32-21(25-17)26-19(28)11-31-14-3-1-2-13(9-14)24-18(27)6-7-20(29)30/h1-5,8-10H,6-7,11H2,(H,24,27)(H,29,30)(H,25,26,28). The molecule has 3 N–H and O–H groups in total. The first kappa shape index (κ1) is 24.1. The predicted molar refractivity (Wildman–Crippen MR) is 129 cm³/mol. The van der Waals surface area contributed by atoms with Gasteiger partial charge in [-0.05, 0) is 36.4 Å². The number of aromatic nitrogens is 1. The molecule has 0 bridgehead atoms. The SMILES string of the molecule is O=C(O)CCC(=O)Nc1cccc(SCC(=O)Nc2nc(-c3ccc(Cl)cc3Cl)cs2)c1. The van der Waals surface area contributed by atoms with Crippen molar-refractivity contribution in [3.05, 3.63) is 57.9 Å². The minimum Gasteiger partial charge on any atom is -0.481 e. The Hall–Kier alpha value is -2.59. The Balaban J connectivity index is 1.53. The van der Waals surface area contributed by atoms with E-state index in [1.165, 1.54) is 23.1 Å². The van der Waals surface area contributed by atoms with E-state index in [4.69, 9.17) is 28.3 Å². The largest absolute Gasteiger partial charge is 0.481 e. The number of rotatable bonds is 9. The van der Waals surface area contributed by atoms with Gasteiger partial charge in [-0.2, -0.15) is 0 Å². The van der Waals surface area contributed by atoms with Gasteiger partial charge in [0.15, 0.2) is 5.13 Å². The second-order valence-electron chi connectivity index (χ2n) is 6.47. The molecule has 1 heterocycles. The number of aliphatic carboxylic acids is 1. The smallest absolute Gasteiger partial charge is 0.303 e. The highest BCUT2D eigenvalue weighted by molar-refractivity contribution is 8.00. The fraction of sp³-hybridized carbons (Fsp3) is 0.143. The first-order valence-corrected chi connectivity index (χ1v) is 11.9. The van der Waals surface area contributed by atoms with Crippen LogP contribution in [0.3, 0.4) is 0 Å². The van der Waals surface area contributed by atoms with E-state index in [1.807, 2.05) is 6.07 Å². The van der Waals surface area contributed by atoms with Gasteiger partial charge in [-0.25, -0.2) is 4.98 Å². The van der Waals surface area contributed by atoms with Gasteiger partial charge in [-0.3, -0.25) is 14.4 Å². The van der Waals surface area contributed by atoms with Gasteiger partial charge >= 0.3 is 5.97 Å². The summed E-state index contributed by atoms with van der Waals surface area (Å²) in [5, 5.41) is 17.3. The highest BCUT2D eigenvalue weighted by Crippen LogP contribution is 2.32. The number of carbonyl (C=O) groups is 3. The van der Waals surface area contributed by atoms with Gasteiger partial charge in [0.25, 0.3) is 0 Å². The van der Waals surface area contributed by atoms with Crippen molar-refractivity contribution in [3.8, 4) is 11.3 Å². The summed E-state index contributed by atoms with van der Waals surface area (Å²) in [4.78, 5) is 39.8. The number of nitrogens with zero attached hydrogens (tertiary/aromatic N) is 1. The molecule has 0 radical (unpaired) electrons. The Morgan fingerprint density at radius 2 is 1.84 bits per heavy atom. The van der Waals surface area contributed by atoms with Crippen molar-refractivity contribution in [1.82, 2.24) is 4.98 Å². The molecule has 0 aliphatic carbocycles. The first-order chi connectivity index (χ1) is 15.3. The number of carboxylic acid groups (broad SMARTS) is 1. The maximum Gasteiger partial charge on any atom is 0.303 e. The summed E-state index contributed by atoms with van der Waals surface area (Å²) in [6.07, 6.45) is -0.338. The summed E-state index contributed by atoms with van der Waals surface area (Å²) in [6.45, 7) is 0. The molecule has 2 aromatic carbocycles. The zero-order valence-electron chi connectivity index (χ0n) is 16.4. The number of hydrogen-bond donors (Lipinski definition) is 3. The molecule has 0 spiro atoms. The molecule has 0 aliphatic heterocycles. The Morgan fingerprint density at radius 1 is 1.03 bits per heavy atom. The molecule has 11 heteroatoms. The maximum atomic E-state index is 12.3. The monoisotopic (exact) mass is 509 g/mol. The fourth-order valence-electron chi connectivity index (χ4n) is 2.56. The molecule has 7 nitrogen and oxygen atoms in total. The van der Waals surface area contributed by atoms with Crippen LogP contribution in [0.15, 0.2) is 52.7 Å². The lowest BCUT2D eigenvalue weighted by Crippen LogP contribution is -2.14. The topological polar surface area (TPSA) is 108 Å². The molecule has 3 aromatic rings. The minimum absolute atomic E-state index is 0.105. The van der Waals surface area contributed by atoms with Crippen molar-refractivity contribution < 1.29 is 19.5 Å². The number of anilines is 2. The number of amides is 2. The van der Waals surface area contributed by atoms with Crippen LogP contribution in [0.4, 0.5) is 10.8 Å². The third kappa shape index (κ3) is 7.23. The molecule has 1 aromatic heterocycles. The van der Waals surface area contributed by atoms with Crippen LogP contribution in [0, 0.1) is 0 Å². The Labute approximate surface area is 202 Å². The average molecular weight is 510 g/mol. The average Bonchev–Trinajstić information content (AvgIpc) is 3.19. The molecular weight excluding hydrogens is 493 g/mol. The van der Waals surface area contributed by atoms with E-state index >= 15 is 0 Å². The number of carbonyl (C=O) groups excluding carboxylic acids is 2. The van der Waals surface area contributed by atoms with E-state index in [0.717, 1.165) is 10.5 Å². The van der Waals surface area contributed by atoms with Crippen molar-refractivity contribution in [1.29, 1.82) is 0 Å². The van der Waals surface area contributed by atoms with Crippen LogP contribution >= 0.6 is 46.3 Å². The van der Waals surface area contributed by atoms with E-state index in [1.54, 1.807) is 41.8 Å². The van der Waals surface area contributed by atoms with Crippen molar-refractivity contribution in [3.63, 3.8) is 0 Å². The van der Waals surface area contributed by atoms with E-state index in [9.17, 15) is 14.4 Å². The van der Waals surface area contributed by atoms with Crippen molar-refractivity contribution >= 4 is 74.9 Å². The molecule has 2 amide bonds. The molecule has 0 unspecified atom stereocenters. The van der Waals surface area contributed by atoms with Crippen LogP contribution in [0.2, 0.25) is 10.0 Å². The quantitative estimate of drug-likeness (QED) is 0.321. The van der Waals surface area contributed by atoms with Crippen LogP contribution in [0.25, 0.3) is 11.3 Å². The third-order valence-electron chi connectivity index (χ3n) is 4.01. The second-order valence-corrected chi connectivity index (χ2v) is 9.22. The van der Waals surface area contributed by atoms with Crippen LogP contribution < -0.4 is 10.6 Å². The van der Waals surface area contributed by atoms with Gasteiger partial charge < -0.3 is 15.7 Å². The molecule has 166 valence electrons. The van der Waals surface area contributed by atoms with Gasteiger partial charge in [-0.15, -0.1) is 23.1 Å². The van der Waals surface area contributed by atoms with Crippen LogP contribution in [0.1, 0.15) is 12.8 Å². The van der Waals surface area contributed by atoms with Crippen LogP contribution in [-0.4, -0.2) is 33.6 Å². The van der Waals surface area contributed by atoms with Crippen LogP contribution in [-0.2, 0) is 14.4 Å². The number of halogens is 2. The molecule has 0 fully saturated rings. The highest BCUT2D eigenvalue weighted by Gasteiger charge is 2.12. The number of carboxylic acids is 1. The predicted octanol–water partition coefficient (Wildman–Crippen LogP) is 5.65. The van der Waals surface area contributed by atoms with E-state index in [0.29, 0.717) is 26.6 Å². The van der Waals surface area contributed by atoms with Gasteiger partial charge in [0, 0.05) is 33.0 Å². The second kappa shape index (κ2) is 11.3. The van der Waals surface area contributed by atoms with Crippen molar-refractivity contribution in [2.24, 2.45) is 0 Å². The van der Waals surface area contributed by atoms with E-state index in [2.05, 4.69) is 15.6 Å². The molecule has 0 aliphatic rings. The van der Waals surface area contributed by atoms with Crippen LogP contribution in [0.5, 0.6) is 0 Å².